The Morgan fingerprint density at radius 2 is 2.31 bits per heavy atom. The van der Waals surface area contributed by atoms with Gasteiger partial charge in [0.25, 0.3) is 0 Å². The van der Waals surface area contributed by atoms with Gasteiger partial charge in [-0.2, -0.15) is 0 Å². The van der Waals surface area contributed by atoms with Crippen molar-refractivity contribution in [1.29, 1.82) is 0 Å². The molecule has 6 heteroatoms. The molecule has 0 saturated carbocycles. The molecule has 16 heavy (non-hydrogen) atoms. The molecule has 0 saturated heterocycles. The molecule has 0 aromatic carbocycles. The van der Waals surface area contributed by atoms with Gasteiger partial charge in [-0.25, -0.2) is 14.8 Å². The van der Waals surface area contributed by atoms with Crippen LogP contribution in [0.4, 0.5) is 5.13 Å². The van der Waals surface area contributed by atoms with Crippen LogP contribution < -0.4 is 5.32 Å². The van der Waals surface area contributed by atoms with Gasteiger partial charge in [-0.15, -0.1) is 0 Å². The van der Waals surface area contributed by atoms with Gasteiger partial charge in [-0.05, 0) is 19.9 Å². The normalized spacial score (nSPS) is 10.9. The molecule has 0 aliphatic carbocycles. The summed E-state index contributed by atoms with van der Waals surface area (Å²) in [5.74, 6) is -0.971. The van der Waals surface area contributed by atoms with E-state index in [1.807, 2.05) is 13.8 Å². The Morgan fingerprint density at radius 3 is 2.94 bits per heavy atom. The minimum Gasteiger partial charge on any atom is -0.478 e. The van der Waals surface area contributed by atoms with E-state index >= 15 is 0 Å². The molecule has 0 aliphatic rings. The molecule has 0 bridgehead atoms. The van der Waals surface area contributed by atoms with Crippen molar-refractivity contribution in [2.45, 2.75) is 19.9 Å². The van der Waals surface area contributed by atoms with Crippen LogP contribution in [0.3, 0.4) is 0 Å². The molecule has 2 heterocycles. The third-order valence-electron chi connectivity index (χ3n) is 1.91. The number of hydrogen-bond donors (Lipinski definition) is 2. The molecule has 0 atom stereocenters. The number of carbonyl (C=O) groups is 1. The summed E-state index contributed by atoms with van der Waals surface area (Å²) in [6, 6.07) is 1.88. The molecule has 0 spiro atoms. The summed E-state index contributed by atoms with van der Waals surface area (Å²) in [7, 11) is 0. The maximum Gasteiger partial charge on any atom is 0.337 e. The molecular weight excluding hydrogens is 226 g/mol. The average molecular weight is 237 g/mol. The highest BCUT2D eigenvalue weighted by atomic mass is 32.1. The number of aromatic carboxylic acids is 1. The number of thiazole rings is 1. The highest BCUT2D eigenvalue weighted by Gasteiger charge is 2.09. The van der Waals surface area contributed by atoms with Crippen LogP contribution in [0, 0.1) is 0 Å². The van der Waals surface area contributed by atoms with Crippen molar-refractivity contribution >= 4 is 32.8 Å². The molecule has 0 amide bonds. The van der Waals surface area contributed by atoms with Crippen molar-refractivity contribution in [2.24, 2.45) is 0 Å². The Kier molecular flexibility index (Phi) is 2.74. The minimum absolute atomic E-state index is 0.187. The van der Waals surface area contributed by atoms with E-state index in [1.165, 1.54) is 17.5 Å². The van der Waals surface area contributed by atoms with Gasteiger partial charge in [0.05, 0.1) is 10.3 Å². The summed E-state index contributed by atoms with van der Waals surface area (Å²) in [4.78, 5) is 19.0. The number of nitrogens with one attached hydrogen (secondary N) is 1. The maximum atomic E-state index is 10.8. The second-order valence-corrected chi connectivity index (χ2v) is 4.70. The molecular formula is C10H11N3O2S. The van der Waals surface area contributed by atoms with Crippen LogP contribution in [0.5, 0.6) is 0 Å². The van der Waals surface area contributed by atoms with Gasteiger partial charge in [-0.1, -0.05) is 11.3 Å². The zero-order chi connectivity index (χ0) is 11.7. The number of fused-ring (bicyclic) bond motifs is 1. The highest BCUT2D eigenvalue weighted by molar-refractivity contribution is 7.22. The van der Waals surface area contributed by atoms with Gasteiger partial charge in [0.2, 0.25) is 0 Å². The number of pyridine rings is 1. The monoisotopic (exact) mass is 237 g/mol. The zero-order valence-electron chi connectivity index (χ0n) is 8.89. The highest BCUT2D eigenvalue weighted by Crippen LogP contribution is 2.25. The second-order valence-electron chi connectivity index (χ2n) is 3.67. The van der Waals surface area contributed by atoms with Crippen molar-refractivity contribution in [2.75, 3.05) is 5.32 Å². The van der Waals surface area contributed by atoms with E-state index in [2.05, 4.69) is 15.3 Å². The summed E-state index contributed by atoms with van der Waals surface area (Å²) in [6.45, 7) is 4.03. The summed E-state index contributed by atoms with van der Waals surface area (Å²) in [5.41, 5.74) is 0.769. The fraction of sp³-hybridized carbons (Fsp3) is 0.300. The van der Waals surface area contributed by atoms with E-state index in [1.54, 1.807) is 6.07 Å². The van der Waals surface area contributed by atoms with Gasteiger partial charge in [-0.3, -0.25) is 0 Å². The van der Waals surface area contributed by atoms with Crippen LogP contribution in [-0.2, 0) is 0 Å². The molecule has 2 N–H and O–H groups in total. The second kappa shape index (κ2) is 4.05. The number of rotatable bonds is 3. The van der Waals surface area contributed by atoms with E-state index in [-0.39, 0.29) is 5.56 Å². The summed E-state index contributed by atoms with van der Waals surface area (Å²) in [6.07, 6.45) is 1.32. The van der Waals surface area contributed by atoms with Crippen molar-refractivity contribution in [3.8, 4) is 0 Å². The van der Waals surface area contributed by atoms with Crippen molar-refractivity contribution < 1.29 is 9.90 Å². The number of carboxylic acid groups (broad SMARTS) is 1. The van der Waals surface area contributed by atoms with Crippen LogP contribution in [0.2, 0.25) is 0 Å². The Bertz CT molecular complexity index is 536. The summed E-state index contributed by atoms with van der Waals surface area (Å²) in [5, 5.41) is 12.8. The van der Waals surface area contributed by atoms with Gasteiger partial charge >= 0.3 is 5.97 Å². The SMILES string of the molecule is CC(C)Nc1nc2ncc(C(=O)O)cc2s1. The lowest BCUT2D eigenvalue weighted by atomic mass is 10.3. The predicted octanol–water partition coefficient (Wildman–Crippen LogP) is 2.21. The largest absolute Gasteiger partial charge is 0.478 e. The van der Waals surface area contributed by atoms with Gasteiger partial charge in [0.1, 0.15) is 0 Å². The third kappa shape index (κ3) is 2.11. The minimum atomic E-state index is -0.971. The molecule has 0 aliphatic heterocycles. The number of carboxylic acids is 1. The Labute approximate surface area is 96.2 Å². The first kappa shape index (κ1) is 10.8. The van der Waals surface area contributed by atoms with Crippen LogP contribution in [0.15, 0.2) is 12.3 Å². The molecule has 0 unspecified atom stereocenters. The van der Waals surface area contributed by atoms with E-state index < -0.39 is 5.97 Å². The standard InChI is InChI=1S/C10H11N3O2S/c1-5(2)12-10-13-8-7(16-10)3-6(4-11-8)9(14)15/h3-5H,1-2H3,(H,14,15)(H,11,12,13). The van der Waals surface area contributed by atoms with Crippen molar-refractivity contribution in [3.05, 3.63) is 17.8 Å². The molecule has 0 radical (unpaired) electrons. The average Bonchev–Trinajstić information content (AvgIpc) is 2.56. The molecule has 2 rings (SSSR count). The summed E-state index contributed by atoms with van der Waals surface area (Å²) >= 11 is 1.41. The number of anilines is 1. The van der Waals surface area contributed by atoms with Gasteiger partial charge < -0.3 is 10.4 Å². The van der Waals surface area contributed by atoms with Crippen LogP contribution in [0.1, 0.15) is 24.2 Å². The van der Waals surface area contributed by atoms with Crippen molar-refractivity contribution in [1.82, 2.24) is 9.97 Å². The number of hydrogen-bond acceptors (Lipinski definition) is 5. The molecule has 0 fully saturated rings. The Balaban J connectivity index is 2.42. The fourth-order valence-corrected chi connectivity index (χ4v) is 2.26. The molecule has 5 nitrogen and oxygen atoms in total. The first-order valence-electron chi connectivity index (χ1n) is 4.82. The molecule has 2 aromatic heterocycles. The van der Waals surface area contributed by atoms with E-state index in [4.69, 9.17) is 5.11 Å². The molecule has 2 aromatic rings. The zero-order valence-corrected chi connectivity index (χ0v) is 9.71. The topological polar surface area (TPSA) is 75.1 Å². The van der Waals surface area contributed by atoms with Gasteiger partial charge in [0.15, 0.2) is 10.8 Å². The van der Waals surface area contributed by atoms with Crippen LogP contribution >= 0.6 is 11.3 Å². The van der Waals surface area contributed by atoms with E-state index in [9.17, 15) is 4.79 Å². The lowest BCUT2D eigenvalue weighted by Crippen LogP contribution is -2.08. The predicted molar refractivity (Wildman–Crippen MR) is 63.1 cm³/mol. The van der Waals surface area contributed by atoms with E-state index in [0.717, 1.165) is 9.83 Å². The Morgan fingerprint density at radius 1 is 1.56 bits per heavy atom. The lowest BCUT2D eigenvalue weighted by molar-refractivity contribution is 0.0696. The molecule has 84 valence electrons. The fourth-order valence-electron chi connectivity index (χ4n) is 1.25. The number of nitrogens with zero attached hydrogens (tertiary/aromatic N) is 2. The smallest absolute Gasteiger partial charge is 0.337 e. The number of aromatic nitrogens is 2. The van der Waals surface area contributed by atoms with Gasteiger partial charge in [0, 0.05) is 12.2 Å². The summed E-state index contributed by atoms with van der Waals surface area (Å²) < 4.78 is 0.781. The Hall–Kier alpha value is -1.69. The first-order chi connectivity index (χ1) is 7.56. The lowest BCUT2D eigenvalue weighted by Gasteiger charge is -2.03. The maximum absolute atomic E-state index is 10.8. The first-order valence-corrected chi connectivity index (χ1v) is 5.64. The van der Waals surface area contributed by atoms with Crippen LogP contribution in [0.25, 0.3) is 10.3 Å². The quantitative estimate of drug-likeness (QED) is 0.856. The van der Waals surface area contributed by atoms with Crippen molar-refractivity contribution in [3.63, 3.8) is 0 Å². The third-order valence-corrected chi connectivity index (χ3v) is 2.83. The van der Waals surface area contributed by atoms with E-state index in [0.29, 0.717) is 11.7 Å². The van der Waals surface area contributed by atoms with Crippen LogP contribution in [-0.4, -0.2) is 27.1 Å².